The zero-order valence-corrected chi connectivity index (χ0v) is 10.3. The topological polar surface area (TPSA) is 43.8 Å². The Hall–Kier alpha value is -1.75. The smallest absolute Gasteiger partial charge is 0.152 e. The largest absolute Gasteiger partial charge is 0.326 e. The van der Waals surface area contributed by atoms with Crippen LogP contribution in [0, 0.1) is 11.6 Å². The maximum absolute atomic E-state index is 13.8. The first-order chi connectivity index (χ1) is 8.52. The van der Waals surface area contributed by atoms with Crippen LogP contribution < -0.4 is 5.73 Å². The van der Waals surface area contributed by atoms with Crippen LogP contribution in [0.1, 0.15) is 31.0 Å². The van der Waals surface area contributed by atoms with E-state index in [4.69, 9.17) is 5.73 Å². The number of nitrogens with zero attached hydrogens (tertiary/aromatic N) is 2. The Kier molecular flexibility index (Phi) is 3.43. The second-order valence-corrected chi connectivity index (χ2v) is 4.45. The van der Waals surface area contributed by atoms with E-state index in [1.54, 1.807) is 12.3 Å². The summed E-state index contributed by atoms with van der Waals surface area (Å²) in [7, 11) is 0. The molecule has 2 rings (SSSR count). The average Bonchev–Trinajstić information content (AvgIpc) is 2.77. The Morgan fingerprint density at radius 3 is 2.33 bits per heavy atom. The van der Waals surface area contributed by atoms with Gasteiger partial charge in [0.05, 0.1) is 5.69 Å². The minimum absolute atomic E-state index is 0.102. The summed E-state index contributed by atoms with van der Waals surface area (Å²) < 4.78 is 28.9. The maximum atomic E-state index is 13.8. The van der Waals surface area contributed by atoms with Gasteiger partial charge in [-0.2, -0.15) is 5.10 Å². The van der Waals surface area contributed by atoms with Gasteiger partial charge in [0.2, 0.25) is 0 Å². The molecule has 1 aromatic carbocycles. The van der Waals surface area contributed by atoms with Gasteiger partial charge in [0.25, 0.3) is 0 Å². The summed E-state index contributed by atoms with van der Waals surface area (Å²) in [6.45, 7) is 4.04. The second-order valence-electron chi connectivity index (χ2n) is 4.45. The first-order valence-electron chi connectivity index (χ1n) is 5.77. The molecule has 2 aromatic rings. The summed E-state index contributed by atoms with van der Waals surface area (Å²) >= 11 is 0. The van der Waals surface area contributed by atoms with Crippen molar-refractivity contribution in [2.24, 2.45) is 5.73 Å². The van der Waals surface area contributed by atoms with E-state index < -0.39 is 11.6 Å². The summed E-state index contributed by atoms with van der Waals surface area (Å²) in [5.41, 5.74) is 6.41. The number of halogens is 2. The van der Waals surface area contributed by atoms with Crippen LogP contribution in [-0.4, -0.2) is 9.78 Å². The van der Waals surface area contributed by atoms with Crippen molar-refractivity contribution in [2.75, 3.05) is 0 Å². The van der Waals surface area contributed by atoms with Gasteiger partial charge in [-0.15, -0.1) is 0 Å². The zero-order chi connectivity index (χ0) is 13.3. The van der Waals surface area contributed by atoms with Gasteiger partial charge >= 0.3 is 0 Å². The number of benzene rings is 1. The minimum Gasteiger partial charge on any atom is -0.326 e. The van der Waals surface area contributed by atoms with Crippen molar-refractivity contribution in [2.45, 2.75) is 26.3 Å². The summed E-state index contributed by atoms with van der Waals surface area (Å²) in [6.07, 6.45) is 1.55. The fourth-order valence-corrected chi connectivity index (χ4v) is 1.73. The Morgan fingerprint density at radius 1 is 1.28 bits per heavy atom. The van der Waals surface area contributed by atoms with Crippen molar-refractivity contribution in [3.8, 4) is 5.69 Å². The van der Waals surface area contributed by atoms with E-state index in [0.29, 0.717) is 5.56 Å². The van der Waals surface area contributed by atoms with E-state index in [0.717, 1.165) is 5.69 Å². The quantitative estimate of drug-likeness (QED) is 0.911. The van der Waals surface area contributed by atoms with Crippen LogP contribution in [0.15, 0.2) is 24.4 Å². The summed E-state index contributed by atoms with van der Waals surface area (Å²) in [5, 5.41) is 4.16. The van der Waals surface area contributed by atoms with Crippen LogP contribution in [0.3, 0.4) is 0 Å². The highest BCUT2D eigenvalue weighted by atomic mass is 19.1. The number of hydrogen-bond donors (Lipinski definition) is 1. The highest BCUT2D eigenvalue weighted by molar-refractivity contribution is 5.38. The van der Waals surface area contributed by atoms with Gasteiger partial charge in [0.15, 0.2) is 11.6 Å². The second kappa shape index (κ2) is 4.86. The van der Waals surface area contributed by atoms with Gasteiger partial charge in [-0.25, -0.2) is 13.5 Å². The Labute approximate surface area is 104 Å². The molecule has 96 valence electrons. The monoisotopic (exact) mass is 251 g/mol. The Morgan fingerprint density at radius 2 is 1.89 bits per heavy atom. The van der Waals surface area contributed by atoms with Crippen molar-refractivity contribution >= 4 is 0 Å². The van der Waals surface area contributed by atoms with E-state index in [2.05, 4.69) is 5.10 Å². The van der Waals surface area contributed by atoms with E-state index in [-0.39, 0.29) is 18.2 Å². The highest BCUT2D eigenvalue weighted by Gasteiger charge is 2.14. The molecule has 0 unspecified atom stereocenters. The highest BCUT2D eigenvalue weighted by Crippen LogP contribution is 2.21. The molecular weight excluding hydrogens is 236 g/mol. The molecule has 0 amide bonds. The Bertz CT molecular complexity index is 538. The van der Waals surface area contributed by atoms with Crippen LogP contribution in [0.4, 0.5) is 8.78 Å². The molecule has 0 atom stereocenters. The molecular formula is C13H15F2N3. The molecule has 0 fully saturated rings. The molecule has 0 radical (unpaired) electrons. The lowest BCUT2D eigenvalue weighted by atomic mass is 10.1. The summed E-state index contributed by atoms with van der Waals surface area (Å²) in [5.74, 6) is -1.11. The van der Waals surface area contributed by atoms with Gasteiger partial charge in [0.1, 0.15) is 5.69 Å². The van der Waals surface area contributed by atoms with E-state index in [9.17, 15) is 8.78 Å². The molecule has 5 heteroatoms. The first-order valence-corrected chi connectivity index (χ1v) is 5.77. The first kappa shape index (κ1) is 12.7. The molecule has 0 aliphatic heterocycles. The van der Waals surface area contributed by atoms with Gasteiger partial charge < -0.3 is 5.73 Å². The van der Waals surface area contributed by atoms with Crippen molar-refractivity contribution in [1.82, 2.24) is 9.78 Å². The lowest BCUT2D eigenvalue weighted by Crippen LogP contribution is -2.06. The predicted molar refractivity (Wildman–Crippen MR) is 65.5 cm³/mol. The average molecular weight is 251 g/mol. The van der Waals surface area contributed by atoms with Crippen molar-refractivity contribution in [3.63, 3.8) is 0 Å². The third kappa shape index (κ3) is 2.26. The molecule has 1 heterocycles. The number of hydrogen-bond acceptors (Lipinski definition) is 2. The third-order valence-electron chi connectivity index (χ3n) is 2.74. The van der Waals surface area contributed by atoms with E-state index >= 15 is 0 Å². The van der Waals surface area contributed by atoms with Crippen LogP contribution in [0.2, 0.25) is 0 Å². The maximum Gasteiger partial charge on any atom is 0.152 e. The van der Waals surface area contributed by atoms with Crippen LogP contribution in [-0.2, 0) is 6.54 Å². The number of aromatic nitrogens is 2. The van der Waals surface area contributed by atoms with Gasteiger partial charge in [0, 0.05) is 12.7 Å². The molecule has 0 aliphatic carbocycles. The minimum atomic E-state index is -0.658. The lowest BCUT2D eigenvalue weighted by molar-refractivity contribution is 0.555. The summed E-state index contributed by atoms with van der Waals surface area (Å²) in [6, 6.07) is 4.21. The molecule has 0 saturated heterocycles. The van der Waals surface area contributed by atoms with Crippen LogP contribution >= 0.6 is 0 Å². The third-order valence-corrected chi connectivity index (χ3v) is 2.74. The van der Waals surface area contributed by atoms with Crippen molar-refractivity contribution in [1.29, 1.82) is 0 Å². The van der Waals surface area contributed by atoms with Crippen molar-refractivity contribution in [3.05, 3.63) is 47.3 Å². The van der Waals surface area contributed by atoms with E-state index in [1.807, 2.05) is 13.8 Å². The fraction of sp³-hybridized carbons (Fsp3) is 0.308. The molecule has 2 N–H and O–H groups in total. The fourth-order valence-electron chi connectivity index (χ4n) is 1.73. The molecule has 0 aliphatic rings. The molecule has 3 nitrogen and oxygen atoms in total. The predicted octanol–water partition coefficient (Wildman–Crippen LogP) is 2.73. The van der Waals surface area contributed by atoms with E-state index in [1.165, 1.54) is 16.8 Å². The van der Waals surface area contributed by atoms with Gasteiger partial charge in [-0.1, -0.05) is 13.8 Å². The zero-order valence-electron chi connectivity index (χ0n) is 10.3. The summed E-state index contributed by atoms with van der Waals surface area (Å²) in [4.78, 5) is 0. The number of nitrogens with two attached hydrogens (primary N) is 1. The SMILES string of the molecule is CC(C)c1ccn(-c2c(F)cc(CN)cc2F)n1. The standard InChI is InChI=1S/C13H15F2N3/c1-8(2)12-3-4-18(17-12)13-10(14)5-9(7-16)6-11(13)15/h3-6,8H,7,16H2,1-2H3. The van der Waals surface area contributed by atoms with Gasteiger partial charge in [-0.3, -0.25) is 0 Å². The lowest BCUT2D eigenvalue weighted by Gasteiger charge is -2.07. The molecule has 0 saturated carbocycles. The van der Waals surface area contributed by atoms with Crippen molar-refractivity contribution < 1.29 is 8.78 Å². The normalized spacial score (nSPS) is 11.2. The van der Waals surface area contributed by atoms with Crippen LogP contribution in [0.25, 0.3) is 5.69 Å². The number of rotatable bonds is 3. The van der Waals surface area contributed by atoms with Crippen LogP contribution in [0.5, 0.6) is 0 Å². The molecule has 1 aromatic heterocycles. The van der Waals surface area contributed by atoms with Gasteiger partial charge in [-0.05, 0) is 29.7 Å². The molecule has 0 spiro atoms. The Balaban J connectivity index is 2.49. The molecule has 18 heavy (non-hydrogen) atoms. The molecule has 0 bridgehead atoms.